The van der Waals surface area contributed by atoms with Gasteiger partial charge in [-0.15, -0.1) is 0 Å². The Morgan fingerprint density at radius 1 is 1.21 bits per heavy atom. The zero-order valence-electron chi connectivity index (χ0n) is 16.0. The van der Waals surface area contributed by atoms with Gasteiger partial charge in [-0.25, -0.2) is 4.68 Å². The minimum Gasteiger partial charge on any atom is -0.491 e. The number of aliphatic hydroxyl groups is 1. The fourth-order valence-corrected chi connectivity index (χ4v) is 4.36. The van der Waals surface area contributed by atoms with Crippen molar-refractivity contribution < 1.29 is 9.84 Å². The summed E-state index contributed by atoms with van der Waals surface area (Å²) >= 11 is 0. The van der Waals surface area contributed by atoms with E-state index in [9.17, 15) is 5.11 Å². The number of anilines is 1. The lowest BCUT2D eigenvalue weighted by Gasteiger charge is -2.46. The second kappa shape index (κ2) is 8.12. The summed E-state index contributed by atoms with van der Waals surface area (Å²) in [6.07, 6.45) is 0.671. The second-order valence-electron chi connectivity index (χ2n) is 7.79. The average Bonchev–Trinajstić information content (AvgIpc) is 3.12. The van der Waals surface area contributed by atoms with Crippen molar-refractivity contribution in [1.82, 2.24) is 25.1 Å². The lowest BCUT2D eigenvalue weighted by atomic mass is 9.84. The molecule has 3 atom stereocenters. The average molecular weight is 383 g/mol. The van der Waals surface area contributed by atoms with Crippen molar-refractivity contribution in [2.24, 2.45) is 18.9 Å². The Morgan fingerprint density at radius 2 is 1.93 bits per heavy atom. The highest BCUT2D eigenvalue weighted by atomic mass is 16.5. The largest absolute Gasteiger partial charge is 0.491 e. The van der Waals surface area contributed by atoms with E-state index in [-0.39, 0.29) is 6.61 Å². The highest BCUT2D eigenvalue weighted by molar-refractivity contribution is 5.34. The molecule has 0 saturated carbocycles. The number of hydrogen-bond donors (Lipinski definition) is 1. The Labute approximate surface area is 164 Å². The third kappa shape index (κ3) is 4.24. The fourth-order valence-electron chi connectivity index (χ4n) is 4.36. The van der Waals surface area contributed by atoms with Crippen molar-refractivity contribution in [2.75, 3.05) is 44.2 Å². The normalized spacial score (nSPS) is 23.2. The number of rotatable bonds is 6. The number of nitriles is 1. The number of β-amino-alcohol motifs (C(OH)–C–C–N with tert-alkyl or cyclic N) is 1. The molecule has 2 aliphatic heterocycles. The number of aliphatic hydroxyl groups excluding tert-OH is 1. The summed E-state index contributed by atoms with van der Waals surface area (Å²) in [4.78, 5) is 4.62. The molecule has 2 aromatic rings. The summed E-state index contributed by atoms with van der Waals surface area (Å²) in [6, 6.07) is 9.02. The van der Waals surface area contributed by atoms with Gasteiger partial charge in [0.15, 0.2) is 0 Å². The van der Waals surface area contributed by atoms with Crippen LogP contribution in [0.25, 0.3) is 0 Å². The molecule has 0 spiro atoms. The van der Waals surface area contributed by atoms with E-state index in [1.54, 1.807) is 28.9 Å². The molecule has 148 valence electrons. The number of aromatic nitrogens is 4. The van der Waals surface area contributed by atoms with Crippen molar-refractivity contribution in [3.05, 3.63) is 29.8 Å². The molecule has 0 aliphatic carbocycles. The molecule has 3 heterocycles. The molecule has 2 aliphatic rings. The monoisotopic (exact) mass is 383 g/mol. The molecule has 1 aromatic heterocycles. The van der Waals surface area contributed by atoms with Crippen molar-refractivity contribution in [3.8, 4) is 11.8 Å². The van der Waals surface area contributed by atoms with Crippen LogP contribution in [0.4, 0.5) is 5.95 Å². The predicted octanol–water partition coefficient (Wildman–Crippen LogP) is 0.280. The number of likely N-dealkylation sites (tertiary alicyclic amines) is 1. The van der Waals surface area contributed by atoms with Gasteiger partial charge in [-0.05, 0) is 52.9 Å². The highest BCUT2D eigenvalue weighted by Crippen LogP contribution is 2.30. The molecule has 9 heteroatoms. The second-order valence-corrected chi connectivity index (χ2v) is 7.79. The van der Waals surface area contributed by atoms with Gasteiger partial charge in [-0.1, -0.05) is 5.10 Å². The first-order chi connectivity index (χ1) is 13.6. The molecule has 2 fully saturated rings. The van der Waals surface area contributed by atoms with Gasteiger partial charge in [0, 0.05) is 39.8 Å². The minimum atomic E-state index is -0.548. The Hall–Kier alpha value is -2.70. The minimum absolute atomic E-state index is 0.245. The number of aryl methyl sites for hydroxylation is 1. The van der Waals surface area contributed by atoms with Crippen LogP contribution < -0.4 is 9.64 Å². The molecule has 2 saturated heterocycles. The van der Waals surface area contributed by atoms with Gasteiger partial charge in [-0.2, -0.15) is 5.26 Å². The van der Waals surface area contributed by atoms with Gasteiger partial charge >= 0.3 is 0 Å². The maximum absolute atomic E-state index is 10.4. The Morgan fingerprint density at radius 3 is 2.54 bits per heavy atom. The van der Waals surface area contributed by atoms with Gasteiger partial charge in [0.05, 0.1) is 11.6 Å². The third-order valence-corrected chi connectivity index (χ3v) is 5.43. The summed E-state index contributed by atoms with van der Waals surface area (Å²) in [5, 5.41) is 31.1. The number of hydrogen-bond acceptors (Lipinski definition) is 8. The van der Waals surface area contributed by atoms with E-state index >= 15 is 0 Å². The molecule has 3 unspecified atom stereocenters. The first kappa shape index (κ1) is 18.7. The maximum atomic E-state index is 10.4. The lowest BCUT2D eigenvalue weighted by Crippen LogP contribution is -2.54. The quantitative estimate of drug-likeness (QED) is 0.759. The van der Waals surface area contributed by atoms with Gasteiger partial charge in [0.1, 0.15) is 18.5 Å². The number of nitrogens with zero attached hydrogens (tertiary/aromatic N) is 7. The molecule has 4 rings (SSSR count). The van der Waals surface area contributed by atoms with E-state index in [1.165, 1.54) is 6.42 Å². The molecule has 1 N–H and O–H groups in total. The molecular formula is C19H25N7O2. The smallest absolute Gasteiger partial charge is 0.245 e. The Balaban J connectivity index is 1.26. The fraction of sp³-hybridized carbons (Fsp3) is 0.579. The molecule has 9 nitrogen and oxygen atoms in total. The SMILES string of the molecule is Cn1nnnc1N1CC2CC(CN(CC(O)COc3ccc(C#N)cc3)C2)C1. The van der Waals surface area contributed by atoms with Crippen LogP contribution in [0.2, 0.25) is 0 Å². The van der Waals surface area contributed by atoms with Gasteiger partial charge in [0.2, 0.25) is 5.95 Å². The van der Waals surface area contributed by atoms with Crippen LogP contribution in [-0.2, 0) is 7.05 Å². The van der Waals surface area contributed by atoms with Crippen LogP contribution in [0, 0.1) is 23.2 Å². The van der Waals surface area contributed by atoms with Gasteiger partial charge in [-0.3, -0.25) is 4.90 Å². The third-order valence-electron chi connectivity index (χ3n) is 5.43. The first-order valence-corrected chi connectivity index (χ1v) is 9.61. The number of benzene rings is 1. The molecule has 2 bridgehead atoms. The molecule has 0 amide bonds. The molecule has 28 heavy (non-hydrogen) atoms. The Bertz CT molecular complexity index is 818. The van der Waals surface area contributed by atoms with Gasteiger partial charge in [0.25, 0.3) is 0 Å². The summed E-state index contributed by atoms with van der Waals surface area (Å²) in [7, 11) is 1.87. The van der Waals surface area contributed by atoms with Crippen LogP contribution in [0.15, 0.2) is 24.3 Å². The van der Waals surface area contributed by atoms with E-state index in [0.717, 1.165) is 32.1 Å². The lowest BCUT2D eigenvalue weighted by molar-refractivity contribution is 0.0333. The van der Waals surface area contributed by atoms with Gasteiger partial charge < -0.3 is 14.7 Å². The predicted molar refractivity (Wildman–Crippen MR) is 102 cm³/mol. The highest BCUT2D eigenvalue weighted by Gasteiger charge is 2.36. The molecule has 1 aromatic carbocycles. The number of ether oxygens (including phenoxy) is 1. The summed E-state index contributed by atoms with van der Waals surface area (Å²) in [6.45, 7) is 4.67. The first-order valence-electron chi connectivity index (χ1n) is 9.61. The van der Waals surface area contributed by atoms with Crippen LogP contribution in [0.5, 0.6) is 5.75 Å². The van der Waals surface area contributed by atoms with E-state index in [4.69, 9.17) is 10.00 Å². The number of piperidine rings is 2. The van der Waals surface area contributed by atoms with Crippen molar-refractivity contribution >= 4 is 5.95 Å². The molecule has 0 radical (unpaired) electrons. The number of tetrazole rings is 1. The van der Waals surface area contributed by atoms with Crippen molar-refractivity contribution in [1.29, 1.82) is 5.26 Å². The number of fused-ring (bicyclic) bond motifs is 2. The standard InChI is InChI=1S/C19H25N7O2/c1-24-19(21-22-23-24)26-10-15-6-16(11-26)9-25(8-15)12-17(27)13-28-18-4-2-14(7-20)3-5-18/h2-5,15-17,27H,6,8-13H2,1H3. The van der Waals surface area contributed by atoms with E-state index in [2.05, 4.69) is 31.4 Å². The van der Waals surface area contributed by atoms with Crippen LogP contribution in [0.3, 0.4) is 0 Å². The summed E-state index contributed by atoms with van der Waals surface area (Å²) in [5.74, 6) is 2.60. The summed E-state index contributed by atoms with van der Waals surface area (Å²) < 4.78 is 7.39. The van der Waals surface area contributed by atoms with E-state index < -0.39 is 6.10 Å². The van der Waals surface area contributed by atoms with Crippen LogP contribution in [-0.4, -0.2) is 75.6 Å². The topological polar surface area (TPSA) is 103 Å². The van der Waals surface area contributed by atoms with E-state index in [1.807, 2.05) is 7.05 Å². The van der Waals surface area contributed by atoms with Crippen molar-refractivity contribution in [2.45, 2.75) is 12.5 Å². The molecular weight excluding hydrogens is 358 g/mol. The zero-order chi connectivity index (χ0) is 19.5. The summed E-state index contributed by atoms with van der Waals surface area (Å²) in [5.41, 5.74) is 0.596. The Kier molecular flexibility index (Phi) is 5.41. The van der Waals surface area contributed by atoms with Crippen LogP contribution in [0.1, 0.15) is 12.0 Å². The van der Waals surface area contributed by atoms with Crippen molar-refractivity contribution in [3.63, 3.8) is 0 Å². The van der Waals surface area contributed by atoms with Crippen LogP contribution >= 0.6 is 0 Å². The zero-order valence-corrected chi connectivity index (χ0v) is 16.0. The maximum Gasteiger partial charge on any atom is 0.245 e. The van der Waals surface area contributed by atoms with E-state index in [0.29, 0.717) is 29.7 Å².